The highest BCUT2D eigenvalue weighted by Crippen LogP contribution is 2.54. The minimum Gasteiger partial charge on any atom is -0.481 e. The molecule has 1 saturated carbocycles. The molecule has 5 rings (SSSR count). The number of rotatable bonds is 12. The Labute approximate surface area is 267 Å². The van der Waals surface area contributed by atoms with Crippen LogP contribution in [0.4, 0.5) is 4.39 Å². The van der Waals surface area contributed by atoms with Gasteiger partial charge in [0, 0.05) is 28.5 Å². The molecule has 0 bridgehead atoms. The summed E-state index contributed by atoms with van der Waals surface area (Å²) < 4.78 is 43.2. The summed E-state index contributed by atoms with van der Waals surface area (Å²) >= 11 is 12.6. The van der Waals surface area contributed by atoms with Gasteiger partial charge in [-0.3, -0.25) is 9.59 Å². The highest BCUT2D eigenvalue weighted by molar-refractivity contribution is 7.89. The van der Waals surface area contributed by atoms with Crippen molar-refractivity contribution in [2.45, 2.75) is 57.0 Å². The van der Waals surface area contributed by atoms with Gasteiger partial charge in [-0.25, -0.2) is 17.5 Å². The number of carboxylic acid groups (broad SMARTS) is 1. The van der Waals surface area contributed by atoms with Crippen molar-refractivity contribution in [3.63, 3.8) is 0 Å². The first-order valence-electron chi connectivity index (χ1n) is 14.6. The zero-order chi connectivity index (χ0) is 31.6. The average molecular weight is 662 g/mol. The van der Waals surface area contributed by atoms with Crippen molar-refractivity contribution in [2.24, 2.45) is 11.3 Å². The smallest absolute Gasteiger partial charge is 0.304 e. The van der Waals surface area contributed by atoms with E-state index < -0.39 is 39.3 Å². The molecule has 3 aromatic carbocycles. The maximum absolute atomic E-state index is 14.5. The van der Waals surface area contributed by atoms with Crippen LogP contribution in [0.25, 0.3) is 0 Å². The van der Waals surface area contributed by atoms with Crippen LogP contribution in [0.15, 0.2) is 72.8 Å². The van der Waals surface area contributed by atoms with Gasteiger partial charge in [-0.05, 0) is 78.6 Å². The molecule has 1 aliphatic carbocycles. The number of nitrogens with one attached hydrogen (secondary N) is 1. The van der Waals surface area contributed by atoms with E-state index in [1.54, 1.807) is 48.2 Å². The van der Waals surface area contributed by atoms with Crippen LogP contribution in [0.1, 0.15) is 61.3 Å². The highest BCUT2D eigenvalue weighted by Gasteiger charge is 2.54. The molecule has 1 heterocycles. The lowest BCUT2D eigenvalue weighted by atomic mass is 9.67. The number of hydrogen-bond donors (Lipinski definition) is 2. The molecular formula is C33H35Cl2FN2O5S. The van der Waals surface area contributed by atoms with Crippen molar-refractivity contribution in [1.82, 2.24) is 9.62 Å². The van der Waals surface area contributed by atoms with Crippen LogP contribution in [-0.2, 0) is 26.0 Å². The van der Waals surface area contributed by atoms with Crippen molar-refractivity contribution in [1.29, 1.82) is 0 Å². The molecule has 2 N–H and O–H groups in total. The molecule has 0 spiro atoms. The number of benzene rings is 3. The van der Waals surface area contributed by atoms with Crippen LogP contribution < -0.4 is 4.72 Å². The number of halogens is 3. The number of carboxylic acids is 1. The number of nitrogens with zero attached hydrogens (tertiary/aromatic N) is 1. The topological polar surface area (TPSA) is 104 Å². The second kappa shape index (κ2) is 13.2. The van der Waals surface area contributed by atoms with Gasteiger partial charge in [-0.2, -0.15) is 0 Å². The van der Waals surface area contributed by atoms with Crippen LogP contribution in [-0.4, -0.2) is 48.6 Å². The molecular weight excluding hydrogens is 626 g/mol. The molecule has 1 unspecified atom stereocenters. The summed E-state index contributed by atoms with van der Waals surface area (Å²) in [5.41, 5.74) is 0.711. The third-order valence-electron chi connectivity index (χ3n) is 8.77. The fraction of sp³-hybridized carbons (Fsp3) is 0.394. The minimum atomic E-state index is -3.84. The first-order chi connectivity index (χ1) is 20.9. The Morgan fingerprint density at radius 2 is 1.75 bits per heavy atom. The molecule has 11 heteroatoms. The number of carbonyl (C=O) groups is 2. The lowest BCUT2D eigenvalue weighted by Crippen LogP contribution is -2.59. The normalized spacial score (nSPS) is 23.0. The summed E-state index contributed by atoms with van der Waals surface area (Å²) in [5, 5.41) is 10.9. The largest absolute Gasteiger partial charge is 0.481 e. The van der Waals surface area contributed by atoms with Gasteiger partial charge in [0.15, 0.2) is 0 Å². The molecule has 7 nitrogen and oxygen atoms in total. The number of hydrogen-bond acceptors (Lipinski definition) is 4. The third-order valence-corrected chi connectivity index (χ3v) is 10.6. The van der Waals surface area contributed by atoms with Crippen LogP contribution in [0, 0.1) is 17.2 Å². The van der Waals surface area contributed by atoms with Crippen LogP contribution in [0.2, 0.25) is 10.0 Å². The molecule has 1 amide bonds. The Bertz CT molecular complexity index is 1630. The van der Waals surface area contributed by atoms with E-state index in [1.165, 1.54) is 6.07 Å². The highest BCUT2D eigenvalue weighted by atomic mass is 35.5. The second-order valence-corrected chi connectivity index (χ2v) is 14.9. The average Bonchev–Trinajstić information content (AvgIpc) is 3.80. The SMILES string of the molecule is C[C@]1(CC(=O)O)C[C@H](c2cccc(Cl)c2)[C@@H](c2ccc(Cl)cc2)N(C(CNS(=O)(=O)CCc2ccccc2F)C2CC2)C1=O. The predicted octanol–water partition coefficient (Wildman–Crippen LogP) is 6.61. The van der Waals surface area contributed by atoms with Gasteiger partial charge < -0.3 is 10.0 Å². The Balaban J connectivity index is 1.53. The van der Waals surface area contributed by atoms with E-state index in [-0.39, 0.29) is 49.3 Å². The molecule has 1 saturated heterocycles. The summed E-state index contributed by atoms with van der Waals surface area (Å²) in [5.74, 6) is -2.52. The van der Waals surface area contributed by atoms with E-state index in [9.17, 15) is 27.5 Å². The van der Waals surface area contributed by atoms with E-state index in [1.807, 2.05) is 30.3 Å². The summed E-state index contributed by atoms with van der Waals surface area (Å²) in [6, 6.07) is 19.5. The van der Waals surface area contributed by atoms with Gasteiger partial charge in [0.25, 0.3) is 0 Å². The lowest BCUT2D eigenvalue weighted by Gasteiger charge is -2.52. The number of aryl methyl sites for hydroxylation is 1. The minimum absolute atomic E-state index is 0.000328. The fourth-order valence-electron chi connectivity index (χ4n) is 6.45. The standard InChI is InChI=1S/C33H35Cl2FN2O5S/c1-33(19-30(39)40)18-27(24-6-4-7-26(35)17-24)31(23-11-13-25(34)14-12-23)38(32(33)41)29(22-9-10-22)20-37-44(42,43)16-15-21-5-2-3-8-28(21)36/h2-8,11-14,17,22,27,29,31,37H,9-10,15-16,18-20H2,1H3,(H,39,40)/t27-,29?,31-,33-/m1/s1. The summed E-state index contributed by atoms with van der Waals surface area (Å²) in [6.45, 7) is 1.63. The van der Waals surface area contributed by atoms with Crippen molar-refractivity contribution < 1.29 is 27.5 Å². The van der Waals surface area contributed by atoms with Crippen molar-refractivity contribution >= 4 is 45.1 Å². The molecule has 2 fully saturated rings. The number of piperidine rings is 1. The molecule has 2 aliphatic rings. The van der Waals surface area contributed by atoms with E-state index in [0.717, 1.165) is 24.0 Å². The van der Waals surface area contributed by atoms with Gasteiger partial charge in [0.2, 0.25) is 15.9 Å². The quantitative estimate of drug-likeness (QED) is 0.228. The Morgan fingerprint density at radius 1 is 1.05 bits per heavy atom. The number of amides is 1. The van der Waals surface area contributed by atoms with Crippen LogP contribution in [0.5, 0.6) is 0 Å². The van der Waals surface area contributed by atoms with Gasteiger partial charge in [-0.15, -0.1) is 0 Å². The Kier molecular flexibility index (Phi) is 9.70. The van der Waals surface area contributed by atoms with Crippen molar-refractivity contribution in [2.75, 3.05) is 12.3 Å². The van der Waals surface area contributed by atoms with Gasteiger partial charge in [-0.1, -0.05) is 72.6 Å². The summed E-state index contributed by atoms with van der Waals surface area (Å²) in [6.07, 6.45) is 1.48. The van der Waals surface area contributed by atoms with Crippen LogP contribution >= 0.6 is 23.2 Å². The van der Waals surface area contributed by atoms with E-state index in [0.29, 0.717) is 15.6 Å². The molecule has 1 aliphatic heterocycles. The maximum Gasteiger partial charge on any atom is 0.304 e. The monoisotopic (exact) mass is 660 g/mol. The zero-order valence-electron chi connectivity index (χ0n) is 24.3. The Morgan fingerprint density at radius 3 is 2.39 bits per heavy atom. The first-order valence-corrected chi connectivity index (χ1v) is 17.0. The Hall–Kier alpha value is -2.98. The van der Waals surface area contributed by atoms with Gasteiger partial charge >= 0.3 is 5.97 Å². The summed E-state index contributed by atoms with van der Waals surface area (Å²) in [7, 11) is -3.84. The molecule has 0 aromatic heterocycles. The maximum atomic E-state index is 14.5. The molecule has 44 heavy (non-hydrogen) atoms. The molecule has 0 radical (unpaired) electrons. The van der Waals surface area contributed by atoms with E-state index in [2.05, 4.69) is 4.72 Å². The third kappa shape index (κ3) is 7.45. The van der Waals surface area contributed by atoms with Crippen LogP contribution in [0.3, 0.4) is 0 Å². The number of aliphatic carboxylic acids is 1. The van der Waals surface area contributed by atoms with Crippen molar-refractivity contribution in [3.8, 4) is 0 Å². The van der Waals surface area contributed by atoms with Gasteiger partial charge in [0.1, 0.15) is 5.82 Å². The van der Waals surface area contributed by atoms with Gasteiger partial charge in [0.05, 0.1) is 23.6 Å². The number of sulfonamides is 1. The molecule has 234 valence electrons. The van der Waals surface area contributed by atoms with E-state index in [4.69, 9.17) is 23.2 Å². The zero-order valence-corrected chi connectivity index (χ0v) is 26.6. The van der Waals surface area contributed by atoms with Crippen molar-refractivity contribution in [3.05, 3.63) is 105 Å². The summed E-state index contributed by atoms with van der Waals surface area (Å²) in [4.78, 5) is 28.3. The fourth-order valence-corrected chi connectivity index (χ4v) is 7.83. The predicted molar refractivity (Wildman–Crippen MR) is 169 cm³/mol. The second-order valence-electron chi connectivity index (χ2n) is 12.1. The molecule has 4 atom stereocenters. The van der Waals surface area contributed by atoms with E-state index >= 15 is 0 Å². The first kappa shape index (κ1) is 32.4. The number of likely N-dealkylation sites (tertiary alicyclic amines) is 1. The molecule has 3 aromatic rings. The number of carbonyl (C=O) groups excluding carboxylic acids is 1. The lowest BCUT2D eigenvalue weighted by molar-refractivity contribution is -0.161.